The maximum Gasteiger partial charge on any atom is 0.304 e. The molecule has 0 aliphatic carbocycles. The van der Waals surface area contributed by atoms with E-state index in [1.807, 2.05) is 72.8 Å². The predicted molar refractivity (Wildman–Crippen MR) is 122 cm³/mol. The normalized spacial score (nSPS) is 11.6. The fourth-order valence-corrected chi connectivity index (χ4v) is 3.00. The molecule has 3 aromatic rings. The van der Waals surface area contributed by atoms with Gasteiger partial charge in [-0.1, -0.05) is 72.5 Å². The third-order valence-corrected chi connectivity index (χ3v) is 4.37. The van der Waals surface area contributed by atoms with Crippen molar-refractivity contribution in [2.75, 3.05) is 0 Å². The monoisotopic (exact) mass is 422 g/mol. The molecule has 0 radical (unpaired) electrons. The molecule has 0 spiro atoms. The van der Waals surface area contributed by atoms with Crippen LogP contribution in [0.5, 0.6) is 0 Å². The SMILES string of the molecule is CC(=O)OC(C#Cc1ccccc1)c1ccccc1C(C#Cc1ccccc1)OC(C)=O. The number of rotatable bonds is 4. The summed E-state index contributed by atoms with van der Waals surface area (Å²) in [5.74, 6) is 11.2. The Morgan fingerprint density at radius 2 is 0.938 bits per heavy atom. The van der Waals surface area contributed by atoms with E-state index in [4.69, 9.17) is 9.47 Å². The fourth-order valence-electron chi connectivity index (χ4n) is 3.00. The van der Waals surface area contributed by atoms with Crippen LogP contribution in [0.3, 0.4) is 0 Å². The molecule has 4 heteroatoms. The lowest BCUT2D eigenvalue weighted by Gasteiger charge is -2.19. The number of hydrogen-bond acceptors (Lipinski definition) is 4. The van der Waals surface area contributed by atoms with Gasteiger partial charge in [0.1, 0.15) is 0 Å². The van der Waals surface area contributed by atoms with Crippen molar-refractivity contribution in [2.24, 2.45) is 0 Å². The molecule has 4 nitrogen and oxygen atoms in total. The molecular weight excluding hydrogens is 400 g/mol. The molecule has 0 aliphatic heterocycles. The first kappa shape index (κ1) is 22.4. The molecule has 0 aliphatic rings. The minimum atomic E-state index is -0.847. The molecule has 2 atom stereocenters. The molecule has 0 bridgehead atoms. The van der Waals surface area contributed by atoms with Crippen LogP contribution in [0.1, 0.15) is 48.3 Å². The van der Waals surface area contributed by atoms with Gasteiger partial charge in [-0.2, -0.15) is 0 Å². The fraction of sp³-hybridized carbons (Fsp3) is 0.143. The van der Waals surface area contributed by atoms with Crippen molar-refractivity contribution in [2.45, 2.75) is 26.1 Å². The van der Waals surface area contributed by atoms with Gasteiger partial charge in [0, 0.05) is 36.1 Å². The van der Waals surface area contributed by atoms with Gasteiger partial charge in [-0.05, 0) is 36.1 Å². The van der Waals surface area contributed by atoms with Gasteiger partial charge < -0.3 is 9.47 Å². The highest BCUT2D eigenvalue weighted by atomic mass is 16.5. The summed E-state index contributed by atoms with van der Waals surface area (Å²) < 4.78 is 11.0. The summed E-state index contributed by atoms with van der Waals surface area (Å²) in [6, 6.07) is 26.0. The molecule has 2 unspecified atom stereocenters. The van der Waals surface area contributed by atoms with E-state index in [0.717, 1.165) is 11.1 Å². The highest BCUT2D eigenvalue weighted by Gasteiger charge is 2.22. The largest absolute Gasteiger partial charge is 0.444 e. The van der Waals surface area contributed by atoms with E-state index < -0.39 is 24.1 Å². The molecular formula is C28H22O4. The van der Waals surface area contributed by atoms with Crippen molar-refractivity contribution in [3.8, 4) is 23.7 Å². The summed E-state index contributed by atoms with van der Waals surface area (Å²) in [6.45, 7) is 2.66. The van der Waals surface area contributed by atoms with Gasteiger partial charge in [0.15, 0.2) is 12.2 Å². The van der Waals surface area contributed by atoms with Crippen LogP contribution in [0.4, 0.5) is 0 Å². The molecule has 32 heavy (non-hydrogen) atoms. The first-order valence-electron chi connectivity index (χ1n) is 10.1. The summed E-state index contributed by atoms with van der Waals surface area (Å²) in [5, 5.41) is 0. The van der Waals surface area contributed by atoms with Crippen LogP contribution in [0.15, 0.2) is 84.9 Å². The topological polar surface area (TPSA) is 52.6 Å². The van der Waals surface area contributed by atoms with Crippen LogP contribution in [-0.4, -0.2) is 11.9 Å². The molecule has 0 fully saturated rings. The zero-order valence-electron chi connectivity index (χ0n) is 17.9. The Kier molecular flexibility index (Phi) is 7.84. The van der Waals surface area contributed by atoms with Crippen LogP contribution < -0.4 is 0 Å². The predicted octanol–water partition coefficient (Wildman–Crippen LogP) is 5.00. The number of esters is 2. The van der Waals surface area contributed by atoms with Gasteiger partial charge in [0.05, 0.1) is 0 Å². The first-order chi connectivity index (χ1) is 15.5. The van der Waals surface area contributed by atoms with Gasteiger partial charge in [0.25, 0.3) is 0 Å². The Hall–Kier alpha value is -4.28. The second-order valence-corrected chi connectivity index (χ2v) is 6.88. The third kappa shape index (κ3) is 6.62. The van der Waals surface area contributed by atoms with Crippen LogP contribution in [0, 0.1) is 23.7 Å². The van der Waals surface area contributed by atoms with E-state index >= 15 is 0 Å². The van der Waals surface area contributed by atoms with E-state index in [0.29, 0.717) is 11.1 Å². The highest BCUT2D eigenvalue weighted by molar-refractivity contribution is 5.68. The lowest BCUT2D eigenvalue weighted by Crippen LogP contribution is -2.14. The summed E-state index contributed by atoms with van der Waals surface area (Å²) in [5.41, 5.74) is 2.81. The van der Waals surface area contributed by atoms with E-state index in [1.54, 1.807) is 12.1 Å². The number of benzene rings is 3. The van der Waals surface area contributed by atoms with Gasteiger partial charge in [0.2, 0.25) is 0 Å². The zero-order chi connectivity index (χ0) is 22.8. The molecule has 3 rings (SSSR count). The molecule has 0 saturated carbocycles. The van der Waals surface area contributed by atoms with E-state index in [2.05, 4.69) is 23.7 Å². The second-order valence-electron chi connectivity index (χ2n) is 6.88. The van der Waals surface area contributed by atoms with Gasteiger partial charge in [-0.3, -0.25) is 9.59 Å². The molecule has 3 aromatic carbocycles. The Morgan fingerprint density at radius 3 is 1.28 bits per heavy atom. The number of ether oxygens (including phenoxy) is 2. The lowest BCUT2D eigenvalue weighted by atomic mass is 9.97. The van der Waals surface area contributed by atoms with Gasteiger partial charge in [-0.15, -0.1) is 0 Å². The molecule has 0 amide bonds. The van der Waals surface area contributed by atoms with Crippen molar-refractivity contribution in [1.82, 2.24) is 0 Å². The quantitative estimate of drug-likeness (QED) is 0.439. The Balaban J connectivity index is 2.04. The van der Waals surface area contributed by atoms with E-state index in [1.165, 1.54) is 13.8 Å². The lowest BCUT2D eigenvalue weighted by molar-refractivity contribution is -0.146. The molecule has 0 heterocycles. The van der Waals surface area contributed by atoms with Crippen LogP contribution >= 0.6 is 0 Å². The zero-order valence-corrected chi connectivity index (χ0v) is 17.9. The molecule has 0 saturated heterocycles. The number of carbonyl (C=O) groups is 2. The van der Waals surface area contributed by atoms with E-state index in [-0.39, 0.29) is 0 Å². The molecule has 0 N–H and O–H groups in total. The van der Waals surface area contributed by atoms with E-state index in [9.17, 15) is 9.59 Å². The summed E-state index contributed by atoms with van der Waals surface area (Å²) in [4.78, 5) is 23.6. The maximum absolute atomic E-state index is 11.8. The minimum absolute atomic E-state index is 0.466. The minimum Gasteiger partial charge on any atom is -0.444 e. The molecule has 158 valence electrons. The van der Waals surface area contributed by atoms with Crippen molar-refractivity contribution in [1.29, 1.82) is 0 Å². The van der Waals surface area contributed by atoms with Gasteiger partial charge in [-0.25, -0.2) is 0 Å². The Bertz CT molecular complexity index is 1100. The smallest absolute Gasteiger partial charge is 0.304 e. The highest BCUT2D eigenvalue weighted by Crippen LogP contribution is 2.28. The average Bonchev–Trinajstić information content (AvgIpc) is 2.80. The van der Waals surface area contributed by atoms with Gasteiger partial charge >= 0.3 is 11.9 Å². The summed E-state index contributed by atoms with van der Waals surface area (Å²) in [7, 11) is 0. The van der Waals surface area contributed by atoms with Crippen molar-refractivity contribution in [3.63, 3.8) is 0 Å². The number of hydrogen-bond donors (Lipinski definition) is 0. The summed E-state index contributed by atoms with van der Waals surface area (Å²) in [6.07, 6.45) is -1.69. The van der Waals surface area contributed by atoms with Crippen LogP contribution in [0.2, 0.25) is 0 Å². The Morgan fingerprint density at radius 1 is 0.594 bits per heavy atom. The summed E-state index contributed by atoms with van der Waals surface area (Å²) >= 11 is 0. The number of carbonyl (C=O) groups excluding carboxylic acids is 2. The van der Waals surface area contributed by atoms with Crippen LogP contribution in [-0.2, 0) is 19.1 Å². The Labute approximate surface area is 188 Å². The standard InChI is InChI=1S/C28H22O4/c1-21(29)31-27(19-17-23-11-5-3-6-12-23)25-15-9-10-16-26(25)28(32-22(2)30)20-18-24-13-7-4-8-14-24/h3-16,27-28H,1-2H3. The molecule has 0 aromatic heterocycles. The average molecular weight is 422 g/mol. The van der Waals surface area contributed by atoms with Crippen molar-refractivity contribution >= 4 is 11.9 Å². The second kappa shape index (κ2) is 11.2. The first-order valence-corrected chi connectivity index (χ1v) is 10.1. The van der Waals surface area contributed by atoms with Crippen molar-refractivity contribution < 1.29 is 19.1 Å². The van der Waals surface area contributed by atoms with Crippen LogP contribution in [0.25, 0.3) is 0 Å². The maximum atomic E-state index is 11.8. The van der Waals surface area contributed by atoms with Crippen molar-refractivity contribution in [3.05, 3.63) is 107 Å². The third-order valence-electron chi connectivity index (χ3n) is 4.37.